The highest BCUT2D eigenvalue weighted by molar-refractivity contribution is 6.32. The van der Waals surface area contributed by atoms with Gasteiger partial charge in [-0.1, -0.05) is 29.8 Å². The first kappa shape index (κ1) is 13.4. The van der Waals surface area contributed by atoms with Gasteiger partial charge in [0.2, 0.25) is 5.91 Å². The minimum Gasteiger partial charge on any atom is -0.347 e. The molecular weight excluding hydrogens is 262 g/mol. The largest absolute Gasteiger partial charge is 0.347 e. The van der Waals surface area contributed by atoms with Crippen LogP contribution in [0.5, 0.6) is 0 Å². The highest BCUT2D eigenvalue weighted by Crippen LogP contribution is 2.15. The zero-order chi connectivity index (χ0) is 13.7. The number of hydrogen-bond acceptors (Lipinski definition) is 2. The van der Waals surface area contributed by atoms with Crippen LogP contribution in [0.4, 0.5) is 0 Å². The van der Waals surface area contributed by atoms with Crippen LogP contribution in [0.3, 0.4) is 0 Å². The molecule has 2 rings (SSSR count). The molecule has 98 valence electrons. The zero-order valence-electron chi connectivity index (χ0n) is 10.5. The smallest absolute Gasteiger partial charge is 0.244 e. The molecule has 19 heavy (non-hydrogen) atoms. The van der Waals surface area contributed by atoms with E-state index in [0.717, 1.165) is 11.3 Å². The third-order valence-electron chi connectivity index (χ3n) is 2.69. The summed E-state index contributed by atoms with van der Waals surface area (Å²) in [5.41, 5.74) is 1.76. The highest BCUT2D eigenvalue weighted by atomic mass is 35.5. The van der Waals surface area contributed by atoms with Crippen LogP contribution in [0, 0.1) is 0 Å². The summed E-state index contributed by atoms with van der Waals surface area (Å²) in [6, 6.07) is 9.22. The first-order chi connectivity index (χ1) is 9.16. The Kier molecular flexibility index (Phi) is 4.36. The normalized spacial score (nSPS) is 10.8. The Labute approximate surface area is 116 Å². The average molecular weight is 276 g/mol. The van der Waals surface area contributed by atoms with Crippen molar-refractivity contribution >= 4 is 23.6 Å². The Morgan fingerprint density at radius 2 is 2.21 bits per heavy atom. The van der Waals surface area contributed by atoms with Gasteiger partial charge in [0, 0.05) is 24.3 Å². The van der Waals surface area contributed by atoms with Crippen LogP contribution < -0.4 is 5.32 Å². The Hall–Kier alpha value is -2.07. The van der Waals surface area contributed by atoms with E-state index in [1.54, 1.807) is 23.0 Å². The fourth-order valence-corrected chi connectivity index (χ4v) is 1.79. The maximum absolute atomic E-state index is 11.7. The summed E-state index contributed by atoms with van der Waals surface area (Å²) in [5, 5.41) is 7.44. The monoisotopic (exact) mass is 275 g/mol. The molecule has 1 aromatic carbocycles. The molecule has 0 radical (unpaired) electrons. The topological polar surface area (TPSA) is 46.9 Å². The number of carbonyl (C=O) groups excluding carboxylic acids is 1. The first-order valence-corrected chi connectivity index (χ1v) is 6.22. The van der Waals surface area contributed by atoms with Gasteiger partial charge in [0.1, 0.15) is 0 Å². The van der Waals surface area contributed by atoms with Gasteiger partial charge >= 0.3 is 0 Å². The van der Waals surface area contributed by atoms with E-state index in [2.05, 4.69) is 10.4 Å². The molecule has 4 nitrogen and oxygen atoms in total. The van der Waals surface area contributed by atoms with Crippen LogP contribution in [-0.2, 0) is 18.4 Å². The molecule has 0 bridgehead atoms. The lowest BCUT2D eigenvalue weighted by molar-refractivity contribution is -0.116. The van der Waals surface area contributed by atoms with E-state index in [1.807, 2.05) is 31.3 Å². The van der Waals surface area contributed by atoms with Crippen LogP contribution in [0.2, 0.25) is 5.02 Å². The summed E-state index contributed by atoms with van der Waals surface area (Å²) in [7, 11) is 1.83. The Bertz CT molecular complexity index is 604. The number of carbonyl (C=O) groups is 1. The van der Waals surface area contributed by atoms with Crippen molar-refractivity contribution < 1.29 is 4.79 Å². The minimum absolute atomic E-state index is 0.166. The third kappa shape index (κ3) is 3.69. The van der Waals surface area contributed by atoms with Crippen LogP contribution in [0.15, 0.2) is 42.6 Å². The summed E-state index contributed by atoms with van der Waals surface area (Å²) >= 11 is 5.99. The second-order valence-electron chi connectivity index (χ2n) is 4.02. The molecule has 0 fully saturated rings. The van der Waals surface area contributed by atoms with Gasteiger partial charge in [-0.2, -0.15) is 5.10 Å². The number of amides is 1. The van der Waals surface area contributed by atoms with Gasteiger partial charge in [0.15, 0.2) is 0 Å². The quantitative estimate of drug-likeness (QED) is 0.871. The van der Waals surface area contributed by atoms with Crippen LogP contribution >= 0.6 is 11.6 Å². The predicted molar refractivity (Wildman–Crippen MR) is 75.5 cm³/mol. The summed E-state index contributed by atoms with van der Waals surface area (Å²) in [4.78, 5) is 11.7. The second kappa shape index (κ2) is 6.20. The summed E-state index contributed by atoms with van der Waals surface area (Å²) in [6.45, 7) is 0.447. The van der Waals surface area contributed by atoms with Crippen molar-refractivity contribution in [3.05, 3.63) is 58.9 Å². The molecule has 2 aromatic rings. The fourth-order valence-electron chi connectivity index (χ4n) is 1.59. The molecule has 0 unspecified atom stereocenters. The molecule has 0 aliphatic heterocycles. The van der Waals surface area contributed by atoms with E-state index < -0.39 is 0 Å². The molecule has 5 heteroatoms. The zero-order valence-corrected chi connectivity index (χ0v) is 11.3. The molecule has 0 atom stereocenters. The highest BCUT2D eigenvalue weighted by Gasteiger charge is 2.01. The Morgan fingerprint density at radius 3 is 2.89 bits per heavy atom. The van der Waals surface area contributed by atoms with Gasteiger partial charge in [-0.05, 0) is 23.8 Å². The maximum Gasteiger partial charge on any atom is 0.244 e. The lowest BCUT2D eigenvalue weighted by Crippen LogP contribution is -2.21. The van der Waals surface area contributed by atoms with Gasteiger partial charge < -0.3 is 5.32 Å². The van der Waals surface area contributed by atoms with Crippen LogP contribution in [0.25, 0.3) is 6.08 Å². The van der Waals surface area contributed by atoms with E-state index in [9.17, 15) is 4.79 Å². The average Bonchev–Trinajstić information content (AvgIpc) is 2.81. The van der Waals surface area contributed by atoms with E-state index in [4.69, 9.17) is 11.6 Å². The summed E-state index contributed by atoms with van der Waals surface area (Å²) in [6.07, 6.45) is 4.86. The van der Waals surface area contributed by atoms with E-state index in [1.165, 1.54) is 6.08 Å². The molecule has 0 saturated heterocycles. The molecule has 1 amide bonds. The number of halogens is 1. The number of nitrogens with zero attached hydrogens (tertiary/aromatic N) is 2. The third-order valence-corrected chi connectivity index (χ3v) is 3.03. The van der Waals surface area contributed by atoms with Gasteiger partial charge in [0.25, 0.3) is 0 Å². The molecule has 1 N–H and O–H groups in total. The molecule has 0 spiro atoms. The van der Waals surface area contributed by atoms with Crippen molar-refractivity contribution in [1.82, 2.24) is 15.1 Å². The van der Waals surface area contributed by atoms with Crippen molar-refractivity contribution in [3.8, 4) is 0 Å². The standard InChI is InChI=1S/C14H14ClN3O/c1-18-12(8-9-17-18)10-16-14(19)7-6-11-4-2-3-5-13(11)15/h2-9H,10H2,1H3,(H,16,19)/b7-6+. The molecule has 0 saturated carbocycles. The maximum atomic E-state index is 11.7. The minimum atomic E-state index is -0.166. The molecule has 1 heterocycles. The molecular formula is C14H14ClN3O. The van der Waals surface area contributed by atoms with E-state index in [-0.39, 0.29) is 5.91 Å². The number of aryl methyl sites for hydroxylation is 1. The fraction of sp³-hybridized carbons (Fsp3) is 0.143. The molecule has 1 aromatic heterocycles. The SMILES string of the molecule is Cn1nccc1CNC(=O)/C=C/c1ccccc1Cl. The lowest BCUT2D eigenvalue weighted by atomic mass is 10.2. The summed E-state index contributed by atoms with van der Waals surface area (Å²) in [5.74, 6) is -0.166. The number of nitrogens with one attached hydrogen (secondary N) is 1. The lowest BCUT2D eigenvalue weighted by Gasteiger charge is -2.02. The number of rotatable bonds is 4. The van der Waals surface area contributed by atoms with Crippen molar-refractivity contribution in [1.29, 1.82) is 0 Å². The predicted octanol–water partition coefficient (Wildman–Crippen LogP) is 2.40. The first-order valence-electron chi connectivity index (χ1n) is 5.84. The van der Waals surface area contributed by atoms with Crippen LogP contribution in [-0.4, -0.2) is 15.7 Å². The number of benzene rings is 1. The number of aromatic nitrogens is 2. The van der Waals surface area contributed by atoms with Crippen molar-refractivity contribution in [2.24, 2.45) is 7.05 Å². The number of hydrogen-bond donors (Lipinski definition) is 1. The van der Waals surface area contributed by atoms with E-state index >= 15 is 0 Å². The molecule has 0 aliphatic carbocycles. The van der Waals surface area contributed by atoms with Crippen molar-refractivity contribution in [2.75, 3.05) is 0 Å². The van der Waals surface area contributed by atoms with Gasteiger partial charge in [-0.15, -0.1) is 0 Å². The van der Waals surface area contributed by atoms with Crippen molar-refractivity contribution in [2.45, 2.75) is 6.54 Å². The van der Waals surface area contributed by atoms with Crippen LogP contribution in [0.1, 0.15) is 11.3 Å². The van der Waals surface area contributed by atoms with Gasteiger partial charge in [0.05, 0.1) is 12.2 Å². The second-order valence-corrected chi connectivity index (χ2v) is 4.43. The van der Waals surface area contributed by atoms with Gasteiger partial charge in [-0.3, -0.25) is 9.48 Å². The Morgan fingerprint density at radius 1 is 1.42 bits per heavy atom. The van der Waals surface area contributed by atoms with E-state index in [0.29, 0.717) is 11.6 Å². The van der Waals surface area contributed by atoms with Gasteiger partial charge in [-0.25, -0.2) is 0 Å². The molecule has 0 aliphatic rings. The summed E-state index contributed by atoms with van der Waals surface area (Å²) < 4.78 is 1.72. The Balaban J connectivity index is 1.91. The van der Waals surface area contributed by atoms with Crippen molar-refractivity contribution in [3.63, 3.8) is 0 Å².